The van der Waals surface area contributed by atoms with Gasteiger partial charge >= 0.3 is 6.09 Å². The summed E-state index contributed by atoms with van der Waals surface area (Å²) in [4.78, 5) is 42.3. The second-order valence-corrected chi connectivity index (χ2v) is 10.9. The van der Waals surface area contributed by atoms with Crippen LogP contribution in [0, 0.1) is 12.8 Å². The first-order valence-electron chi connectivity index (χ1n) is 13.6. The van der Waals surface area contributed by atoms with Crippen molar-refractivity contribution in [1.82, 2.24) is 15.5 Å². The second-order valence-electron chi connectivity index (χ2n) is 10.9. The lowest BCUT2D eigenvalue weighted by molar-refractivity contribution is -0.143. The molecule has 0 fully saturated rings. The fraction of sp³-hybridized carbons (Fsp3) is 0.516. The van der Waals surface area contributed by atoms with Crippen LogP contribution in [0.5, 0.6) is 0 Å². The van der Waals surface area contributed by atoms with E-state index in [1.54, 1.807) is 25.7 Å². The van der Waals surface area contributed by atoms with Gasteiger partial charge in [0.25, 0.3) is 0 Å². The highest BCUT2D eigenvalue weighted by molar-refractivity contribution is 5.92. The van der Waals surface area contributed by atoms with E-state index < -0.39 is 23.8 Å². The van der Waals surface area contributed by atoms with Gasteiger partial charge in [-0.15, -0.1) is 0 Å². The van der Waals surface area contributed by atoms with Crippen LogP contribution in [-0.4, -0.2) is 41.0 Å². The Labute approximate surface area is 228 Å². The molecule has 0 aliphatic heterocycles. The van der Waals surface area contributed by atoms with Crippen LogP contribution < -0.4 is 10.6 Å². The minimum absolute atomic E-state index is 0.162. The lowest BCUT2D eigenvalue weighted by Gasteiger charge is -2.36. The highest BCUT2D eigenvalue weighted by atomic mass is 16.6. The summed E-state index contributed by atoms with van der Waals surface area (Å²) in [5, 5.41) is 5.84. The fourth-order valence-corrected chi connectivity index (χ4v) is 4.09. The Morgan fingerprint density at radius 1 is 0.974 bits per heavy atom. The molecule has 208 valence electrons. The van der Waals surface area contributed by atoms with Crippen molar-refractivity contribution in [3.63, 3.8) is 0 Å². The molecule has 0 aliphatic rings. The predicted octanol–water partition coefficient (Wildman–Crippen LogP) is 5.92. The Hall–Kier alpha value is -3.35. The molecule has 0 aromatic heterocycles. The van der Waals surface area contributed by atoms with Gasteiger partial charge in [0.15, 0.2) is 0 Å². The molecular weight excluding hydrogens is 478 g/mol. The molecule has 0 saturated heterocycles. The first-order valence-corrected chi connectivity index (χ1v) is 13.6. The Balaban J connectivity index is 2.46. The SMILES string of the molecule is CCCCN(C(=O)C(NC(=O)OC(C)(C)C)C(C)CC)C(C(=O)NCc1ccccc1)c1ccc(C)cc1. The minimum atomic E-state index is -0.842. The van der Waals surface area contributed by atoms with Gasteiger partial charge in [0, 0.05) is 13.1 Å². The molecule has 3 unspecified atom stereocenters. The molecule has 0 bridgehead atoms. The Morgan fingerprint density at radius 2 is 1.61 bits per heavy atom. The molecule has 0 heterocycles. The van der Waals surface area contributed by atoms with E-state index in [9.17, 15) is 14.4 Å². The summed E-state index contributed by atoms with van der Waals surface area (Å²) in [6.45, 7) is 14.0. The zero-order valence-electron chi connectivity index (χ0n) is 24.0. The maximum atomic E-state index is 14.2. The van der Waals surface area contributed by atoms with Crippen molar-refractivity contribution in [1.29, 1.82) is 0 Å². The fourth-order valence-electron chi connectivity index (χ4n) is 4.09. The van der Waals surface area contributed by atoms with Gasteiger partial charge in [-0.05, 0) is 51.2 Å². The van der Waals surface area contributed by atoms with Gasteiger partial charge in [0.2, 0.25) is 11.8 Å². The highest BCUT2D eigenvalue weighted by Crippen LogP contribution is 2.26. The summed E-state index contributed by atoms with van der Waals surface area (Å²) < 4.78 is 5.47. The zero-order chi connectivity index (χ0) is 28.3. The summed E-state index contributed by atoms with van der Waals surface area (Å²) in [5.74, 6) is -0.716. The third kappa shape index (κ3) is 9.51. The Kier molecular flexibility index (Phi) is 11.8. The molecule has 3 amide bonds. The Bertz CT molecular complexity index is 1030. The molecule has 0 aliphatic carbocycles. The number of hydrogen-bond acceptors (Lipinski definition) is 4. The van der Waals surface area contributed by atoms with Crippen molar-refractivity contribution < 1.29 is 19.1 Å². The number of ether oxygens (including phenoxy) is 1. The monoisotopic (exact) mass is 523 g/mol. The average molecular weight is 524 g/mol. The van der Waals surface area contributed by atoms with E-state index in [0.29, 0.717) is 19.5 Å². The molecule has 0 radical (unpaired) electrons. The van der Waals surface area contributed by atoms with E-state index in [4.69, 9.17) is 4.74 Å². The third-order valence-electron chi connectivity index (χ3n) is 6.45. The topological polar surface area (TPSA) is 87.7 Å². The van der Waals surface area contributed by atoms with Crippen LogP contribution in [0.25, 0.3) is 0 Å². The molecule has 7 heteroatoms. The summed E-state index contributed by atoms with van der Waals surface area (Å²) in [5.41, 5.74) is 2.06. The number of carbonyl (C=O) groups excluding carboxylic acids is 3. The first-order chi connectivity index (χ1) is 18.0. The van der Waals surface area contributed by atoms with Crippen molar-refractivity contribution >= 4 is 17.9 Å². The molecular formula is C31H45N3O4. The molecule has 2 N–H and O–H groups in total. The van der Waals surface area contributed by atoms with E-state index in [2.05, 4.69) is 10.6 Å². The van der Waals surface area contributed by atoms with E-state index in [0.717, 1.165) is 29.5 Å². The van der Waals surface area contributed by atoms with Crippen molar-refractivity contribution in [3.8, 4) is 0 Å². The first kappa shape index (κ1) is 30.9. The summed E-state index contributed by atoms with van der Waals surface area (Å²) >= 11 is 0. The molecule has 0 saturated carbocycles. The van der Waals surface area contributed by atoms with Crippen LogP contribution in [0.3, 0.4) is 0 Å². The maximum absolute atomic E-state index is 14.2. The second kappa shape index (κ2) is 14.6. The quantitative estimate of drug-likeness (QED) is 0.361. The number of carbonyl (C=O) groups is 3. The molecule has 38 heavy (non-hydrogen) atoms. The van der Waals surface area contributed by atoms with Gasteiger partial charge in [0.1, 0.15) is 17.7 Å². The predicted molar refractivity (Wildman–Crippen MR) is 151 cm³/mol. The Morgan fingerprint density at radius 3 is 2.16 bits per heavy atom. The van der Waals surface area contributed by atoms with Gasteiger partial charge < -0.3 is 20.3 Å². The number of benzene rings is 2. The molecule has 0 spiro atoms. The zero-order valence-corrected chi connectivity index (χ0v) is 24.0. The molecule has 7 nitrogen and oxygen atoms in total. The van der Waals surface area contributed by atoms with E-state index in [-0.39, 0.29) is 17.7 Å². The molecule has 3 atom stereocenters. The van der Waals surface area contributed by atoms with Crippen molar-refractivity contribution in [2.45, 2.75) is 92.0 Å². The van der Waals surface area contributed by atoms with Gasteiger partial charge in [-0.25, -0.2) is 4.79 Å². The van der Waals surface area contributed by atoms with Crippen molar-refractivity contribution in [2.24, 2.45) is 5.92 Å². The normalized spacial score (nSPS) is 13.7. The average Bonchev–Trinajstić information content (AvgIpc) is 2.88. The lowest BCUT2D eigenvalue weighted by atomic mass is 9.95. The van der Waals surface area contributed by atoms with Crippen molar-refractivity contribution in [2.75, 3.05) is 6.54 Å². The number of rotatable bonds is 12. The molecule has 2 aromatic rings. The van der Waals surface area contributed by atoms with Crippen LogP contribution in [0.15, 0.2) is 54.6 Å². The molecule has 2 rings (SSSR count). The highest BCUT2D eigenvalue weighted by Gasteiger charge is 2.37. The summed E-state index contributed by atoms with van der Waals surface area (Å²) in [6, 6.07) is 15.7. The van der Waals surface area contributed by atoms with Crippen LogP contribution >= 0.6 is 0 Å². The van der Waals surface area contributed by atoms with Gasteiger partial charge in [-0.2, -0.15) is 0 Å². The van der Waals surface area contributed by atoms with E-state index in [1.807, 2.05) is 82.3 Å². The largest absolute Gasteiger partial charge is 0.444 e. The standard InChI is InChI=1S/C31H45N3O4/c1-8-10-20-34(29(36)26(23(4)9-2)33-30(37)38-31(5,6)7)27(25-18-16-22(3)17-19-25)28(35)32-21-24-14-12-11-13-15-24/h11-19,23,26-27H,8-10,20-21H2,1-7H3,(H,32,35)(H,33,37). The number of amides is 3. The van der Waals surface area contributed by atoms with E-state index >= 15 is 0 Å². The number of aryl methyl sites for hydroxylation is 1. The van der Waals surface area contributed by atoms with Gasteiger partial charge in [-0.1, -0.05) is 93.8 Å². The summed E-state index contributed by atoms with van der Waals surface area (Å²) in [7, 11) is 0. The smallest absolute Gasteiger partial charge is 0.408 e. The minimum Gasteiger partial charge on any atom is -0.444 e. The van der Waals surface area contributed by atoms with E-state index in [1.165, 1.54) is 0 Å². The van der Waals surface area contributed by atoms with Crippen LogP contribution in [0.4, 0.5) is 4.79 Å². The van der Waals surface area contributed by atoms with Crippen molar-refractivity contribution in [3.05, 3.63) is 71.3 Å². The number of alkyl carbamates (subject to hydrolysis) is 1. The number of unbranched alkanes of at least 4 members (excludes halogenated alkanes) is 1. The van der Waals surface area contributed by atoms with Crippen LogP contribution in [0.1, 0.15) is 83.5 Å². The lowest BCUT2D eigenvalue weighted by Crippen LogP contribution is -2.55. The third-order valence-corrected chi connectivity index (χ3v) is 6.45. The van der Waals surface area contributed by atoms with Crippen LogP contribution in [-0.2, 0) is 20.9 Å². The maximum Gasteiger partial charge on any atom is 0.408 e. The van der Waals surface area contributed by atoms with Gasteiger partial charge in [0.05, 0.1) is 0 Å². The number of nitrogens with zero attached hydrogens (tertiary/aromatic N) is 1. The van der Waals surface area contributed by atoms with Gasteiger partial charge in [-0.3, -0.25) is 9.59 Å². The number of nitrogens with one attached hydrogen (secondary N) is 2. The number of hydrogen-bond donors (Lipinski definition) is 2. The van der Waals surface area contributed by atoms with Crippen LogP contribution in [0.2, 0.25) is 0 Å². The molecule has 2 aromatic carbocycles. The summed E-state index contributed by atoms with van der Waals surface area (Å²) in [6.07, 6.45) is 1.60.